The Morgan fingerprint density at radius 1 is 0.357 bits per heavy atom. The van der Waals surface area contributed by atoms with Gasteiger partial charge in [-0.15, -0.1) is 0 Å². The fourth-order valence-electron chi connectivity index (χ4n) is 7.33. The first-order valence-electron chi connectivity index (χ1n) is 22.2. The molecular weight excluding hydrogens is 918 g/mol. The molecule has 0 spiro atoms. The second kappa shape index (κ2) is 33.1. The second-order valence-electron chi connectivity index (χ2n) is 14.8. The zero-order valence-electron chi connectivity index (χ0n) is 37.3. The Balaban J connectivity index is 7.96. The van der Waals surface area contributed by atoms with Gasteiger partial charge in [-0.05, 0) is 0 Å². The molecule has 0 radical (unpaired) electrons. The van der Waals surface area contributed by atoms with Crippen molar-refractivity contribution in [1.82, 2.24) is 0 Å². The quantitative estimate of drug-likeness (QED) is 0.0216. The topological polar surface area (TPSA) is 105 Å². The normalized spacial score (nSPS) is 13.2. The van der Waals surface area contributed by atoms with E-state index in [2.05, 4.69) is 41.5 Å². The van der Waals surface area contributed by atoms with Crippen LogP contribution in [0, 0.1) is 0 Å². The maximum absolute atomic E-state index is 13.8. The summed E-state index contributed by atoms with van der Waals surface area (Å²) in [6, 6.07) is 0. The summed E-state index contributed by atoms with van der Waals surface area (Å²) >= 11 is -6.66. The van der Waals surface area contributed by atoms with Gasteiger partial charge in [0.1, 0.15) is 0 Å². The zero-order chi connectivity index (χ0) is 42.2. The summed E-state index contributed by atoms with van der Waals surface area (Å²) in [6.07, 6.45) is 22.9. The summed E-state index contributed by atoms with van der Waals surface area (Å²) in [6.45, 7) is 21.2. The minimum absolute atomic E-state index is 0.166. The first kappa shape index (κ1) is 54.2. The van der Waals surface area contributed by atoms with Crippen LogP contribution in [0.3, 0.4) is 0 Å². The molecule has 0 rings (SSSR count). The van der Waals surface area contributed by atoms with E-state index in [9.17, 15) is 19.2 Å². The molecule has 0 aromatic heterocycles. The van der Waals surface area contributed by atoms with Crippen LogP contribution >= 0.6 is 0 Å². The summed E-state index contributed by atoms with van der Waals surface area (Å²) in [5, 5.41) is 0. The predicted molar refractivity (Wildman–Crippen MR) is 238 cm³/mol. The van der Waals surface area contributed by atoms with Crippen molar-refractivity contribution in [2.45, 2.75) is 173 Å². The molecular formula is C46H80O8Sn2. The van der Waals surface area contributed by atoms with Crippen LogP contribution < -0.4 is 0 Å². The number of carbonyl (C=O) groups excluding carboxylic acids is 4. The van der Waals surface area contributed by atoms with Crippen molar-refractivity contribution in [1.29, 1.82) is 0 Å². The van der Waals surface area contributed by atoms with E-state index in [1.54, 1.807) is 38.2 Å². The molecule has 0 heterocycles. The number of rotatable bonds is 32. The van der Waals surface area contributed by atoms with Gasteiger partial charge in [-0.3, -0.25) is 0 Å². The Hall–Kier alpha value is -1.82. The van der Waals surface area contributed by atoms with Gasteiger partial charge in [0.25, 0.3) is 0 Å². The third-order valence-corrected chi connectivity index (χ3v) is 41.6. The number of carbonyl (C=O) groups is 4. The van der Waals surface area contributed by atoms with Gasteiger partial charge >= 0.3 is 353 Å². The van der Waals surface area contributed by atoms with Crippen LogP contribution in [0.25, 0.3) is 0 Å². The van der Waals surface area contributed by atoms with Gasteiger partial charge in [-0.2, -0.15) is 0 Å². The van der Waals surface area contributed by atoms with Gasteiger partial charge in [0.2, 0.25) is 0 Å². The van der Waals surface area contributed by atoms with Gasteiger partial charge in [0.15, 0.2) is 0 Å². The Labute approximate surface area is 350 Å². The van der Waals surface area contributed by atoms with Crippen molar-refractivity contribution < 1.29 is 38.1 Å². The van der Waals surface area contributed by atoms with Gasteiger partial charge in [-0.1, -0.05) is 0 Å². The van der Waals surface area contributed by atoms with Gasteiger partial charge < -0.3 is 0 Å². The second-order valence-corrected chi connectivity index (χ2v) is 41.1. The molecule has 0 N–H and O–H groups in total. The number of ether oxygens (including phenoxy) is 4. The van der Waals surface area contributed by atoms with Crippen LogP contribution in [0.1, 0.15) is 146 Å². The van der Waals surface area contributed by atoms with E-state index < -0.39 is 48.7 Å². The predicted octanol–water partition coefficient (Wildman–Crippen LogP) is 12.3. The van der Waals surface area contributed by atoms with Crippen molar-refractivity contribution in [3.05, 3.63) is 54.8 Å². The Morgan fingerprint density at radius 2 is 0.589 bits per heavy atom. The maximum atomic E-state index is 13.8. The summed E-state index contributed by atoms with van der Waals surface area (Å²) in [4.78, 5) is 54.7. The minimum atomic E-state index is -3.33. The summed E-state index contributed by atoms with van der Waals surface area (Å²) < 4.78 is 30.3. The molecule has 0 aliphatic carbocycles. The van der Waals surface area contributed by atoms with Crippen molar-refractivity contribution in [3.8, 4) is 0 Å². The number of hydrogen-bond acceptors (Lipinski definition) is 8. The Kier molecular flexibility index (Phi) is 32.0. The van der Waals surface area contributed by atoms with E-state index in [1.807, 2.05) is 26.0 Å². The van der Waals surface area contributed by atoms with E-state index in [0.717, 1.165) is 111 Å². The molecule has 0 aliphatic heterocycles. The molecule has 56 heavy (non-hydrogen) atoms. The van der Waals surface area contributed by atoms with Crippen LogP contribution in [0.15, 0.2) is 54.8 Å². The SMILES string of the molecule is CCC[CH2][Sn]([CH2]CCC)([CH2]CCC)/[C](=C/C=C(/C=C/C(=C/C=[C](\C(=O)OCC)[Sn]([CH2]CCC)([CH2]CCC)[CH2]CCC)C(=O)OCC)C(=O)OCC)C(=O)OCC. The fourth-order valence-corrected chi connectivity index (χ4v) is 39.2. The van der Waals surface area contributed by atoms with E-state index in [1.165, 1.54) is 0 Å². The van der Waals surface area contributed by atoms with Gasteiger partial charge in [0.05, 0.1) is 0 Å². The van der Waals surface area contributed by atoms with Crippen LogP contribution in [0.4, 0.5) is 0 Å². The van der Waals surface area contributed by atoms with E-state index in [0.29, 0.717) is 0 Å². The molecule has 0 atom stereocenters. The van der Waals surface area contributed by atoms with Crippen LogP contribution in [0.5, 0.6) is 0 Å². The molecule has 0 unspecified atom stereocenters. The molecule has 10 heteroatoms. The molecule has 8 nitrogen and oxygen atoms in total. The molecule has 0 fully saturated rings. The zero-order valence-corrected chi connectivity index (χ0v) is 43.0. The van der Waals surface area contributed by atoms with E-state index >= 15 is 0 Å². The molecule has 0 aromatic rings. The van der Waals surface area contributed by atoms with Crippen molar-refractivity contribution in [2.75, 3.05) is 26.4 Å². The van der Waals surface area contributed by atoms with Crippen molar-refractivity contribution in [2.24, 2.45) is 0 Å². The molecule has 0 saturated carbocycles. The standard InChI is InChI=1S/C22H26O8.6C4H9.2Sn/c1-5-27-19(23)13-9-11-17(21(25)29-7-3)15-16-18(22(26)30-8-4)12-10-14-20(24)28-6-2;6*1-3-4-2;;/h9-12,15-16H,5-8H2,1-4H3;6*1,3-4H2,2H3;;/b13-9?,14-10?,16-15+,17-11-,18-12-;;;;;;;;. The summed E-state index contributed by atoms with van der Waals surface area (Å²) in [7, 11) is 0. The first-order valence-corrected chi connectivity index (χ1v) is 37.2. The molecule has 0 aromatic carbocycles. The number of hydrogen-bond donors (Lipinski definition) is 0. The Bertz CT molecular complexity index is 1170. The average molecular weight is 999 g/mol. The molecule has 0 aliphatic rings. The van der Waals surface area contributed by atoms with Crippen LogP contribution in [-0.4, -0.2) is 87.1 Å². The van der Waals surface area contributed by atoms with Crippen LogP contribution in [0.2, 0.25) is 26.6 Å². The fraction of sp³-hybridized carbons (Fsp3) is 0.696. The average Bonchev–Trinajstić information content (AvgIpc) is 3.18. The first-order chi connectivity index (χ1) is 27.0. The van der Waals surface area contributed by atoms with Crippen LogP contribution in [-0.2, 0) is 38.1 Å². The van der Waals surface area contributed by atoms with Crippen molar-refractivity contribution in [3.63, 3.8) is 0 Å². The number of unbranched alkanes of at least 4 members (excludes halogenated alkanes) is 6. The number of allylic oxidation sites excluding steroid dienone is 4. The third-order valence-electron chi connectivity index (χ3n) is 10.5. The number of esters is 4. The molecule has 0 amide bonds. The van der Waals surface area contributed by atoms with E-state index in [-0.39, 0.29) is 49.5 Å². The van der Waals surface area contributed by atoms with Crippen molar-refractivity contribution >= 4 is 60.6 Å². The summed E-state index contributed by atoms with van der Waals surface area (Å²) in [5.41, 5.74) is 0.421. The third kappa shape index (κ3) is 19.8. The molecule has 0 bridgehead atoms. The Morgan fingerprint density at radius 3 is 0.804 bits per heavy atom. The van der Waals surface area contributed by atoms with Gasteiger partial charge in [0, 0.05) is 0 Å². The van der Waals surface area contributed by atoms with E-state index in [4.69, 9.17) is 18.9 Å². The van der Waals surface area contributed by atoms with Gasteiger partial charge in [-0.25, -0.2) is 0 Å². The molecule has 0 saturated heterocycles. The monoisotopic (exact) mass is 1000 g/mol. The summed E-state index contributed by atoms with van der Waals surface area (Å²) in [5.74, 6) is -1.66. The molecule has 320 valence electrons.